The van der Waals surface area contributed by atoms with Crippen LogP contribution in [0.5, 0.6) is 0 Å². The summed E-state index contributed by atoms with van der Waals surface area (Å²) in [5.41, 5.74) is 0. The molecule has 0 heterocycles. The van der Waals surface area contributed by atoms with E-state index < -0.39 is 40.0 Å². The Morgan fingerprint density at radius 3 is 1.12 bits per heavy atom. The molecular formula is C48H93NO6S. The first kappa shape index (κ1) is 54.8. The molecule has 0 aromatic carbocycles. The molecule has 7 nitrogen and oxygen atoms in total. The largest absolute Gasteiger partial charge is 0.387 e. The number of nitrogens with one attached hydrogen (secondary N) is 1. The van der Waals surface area contributed by atoms with Gasteiger partial charge in [-0.15, -0.1) is 0 Å². The normalized spacial score (nSPS) is 13.9. The van der Waals surface area contributed by atoms with Gasteiger partial charge in [0.2, 0.25) is 5.91 Å². The summed E-state index contributed by atoms with van der Waals surface area (Å²) in [6.07, 6.45) is 51.0. The molecule has 4 N–H and O–H groups in total. The van der Waals surface area contributed by atoms with Crippen molar-refractivity contribution in [2.75, 3.05) is 5.75 Å². The quantitative estimate of drug-likeness (QED) is 0.0276. The van der Waals surface area contributed by atoms with Crippen LogP contribution in [0.15, 0.2) is 24.3 Å². The Labute approximate surface area is 347 Å². The van der Waals surface area contributed by atoms with E-state index in [1.54, 1.807) is 0 Å². The summed E-state index contributed by atoms with van der Waals surface area (Å²) in [6, 6.07) is -1.23. The summed E-state index contributed by atoms with van der Waals surface area (Å²) in [5.74, 6) is -1.53. The lowest BCUT2D eigenvalue weighted by Gasteiger charge is -2.22. The molecule has 0 radical (unpaired) electrons. The van der Waals surface area contributed by atoms with Gasteiger partial charge < -0.3 is 15.5 Å². The van der Waals surface area contributed by atoms with Gasteiger partial charge in [0.25, 0.3) is 10.1 Å². The van der Waals surface area contributed by atoms with E-state index in [4.69, 9.17) is 0 Å². The molecule has 0 aromatic rings. The maximum absolute atomic E-state index is 12.6. The van der Waals surface area contributed by atoms with Gasteiger partial charge in [-0.3, -0.25) is 9.35 Å². The van der Waals surface area contributed by atoms with Gasteiger partial charge in [-0.2, -0.15) is 8.42 Å². The summed E-state index contributed by atoms with van der Waals surface area (Å²) in [4.78, 5) is 12.6. The second kappa shape index (κ2) is 41.9. The number of rotatable bonds is 44. The zero-order valence-corrected chi connectivity index (χ0v) is 37.7. The molecule has 0 fully saturated rings. The van der Waals surface area contributed by atoms with Gasteiger partial charge in [-0.1, -0.05) is 231 Å². The Hall–Kier alpha value is -1.22. The average molecular weight is 812 g/mol. The molecular weight excluding hydrogens is 719 g/mol. The van der Waals surface area contributed by atoms with Crippen molar-refractivity contribution >= 4 is 16.0 Å². The summed E-state index contributed by atoms with van der Waals surface area (Å²) in [7, 11) is -4.45. The van der Waals surface area contributed by atoms with Crippen LogP contribution in [0.1, 0.15) is 251 Å². The van der Waals surface area contributed by atoms with Gasteiger partial charge in [-0.05, 0) is 44.9 Å². The fourth-order valence-electron chi connectivity index (χ4n) is 7.51. The van der Waals surface area contributed by atoms with Gasteiger partial charge in [0.15, 0.2) is 0 Å². The molecule has 0 aliphatic rings. The van der Waals surface area contributed by atoms with Crippen LogP contribution in [-0.4, -0.2) is 53.1 Å². The van der Waals surface area contributed by atoms with E-state index in [0.29, 0.717) is 6.42 Å². The molecule has 8 heteroatoms. The van der Waals surface area contributed by atoms with Crippen LogP contribution in [0.3, 0.4) is 0 Å². The maximum atomic E-state index is 12.6. The van der Waals surface area contributed by atoms with E-state index >= 15 is 0 Å². The third-order valence-electron chi connectivity index (χ3n) is 11.2. The van der Waals surface area contributed by atoms with E-state index in [2.05, 4.69) is 31.3 Å². The van der Waals surface area contributed by atoms with Crippen molar-refractivity contribution in [3.05, 3.63) is 24.3 Å². The molecule has 3 atom stereocenters. The molecule has 0 spiro atoms. The highest BCUT2D eigenvalue weighted by atomic mass is 32.2. The predicted octanol–water partition coefficient (Wildman–Crippen LogP) is 13.7. The molecule has 3 unspecified atom stereocenters. The van der Waals surface area contributed by atoms with E-state index in [1.165, 1.54) is 186 Å². The van der Waals surface area contributed by atoms with Gasteiger partial charge in [0, 0.05) is 0 Å². The van der Waals surface area contributed by atoms with Crippen molar-refractivity contribution in [1.82, 2.24) is 5.32 Å². The Balaban J connectivity index is 3.93. The van der Waals surface area contributed by atoms with Crippen molar-refractivity contribution in [1.29, 1.82) is 0 Å². The SMILES string of the molecule is CCCCCCCCCCCCC/C=C\CCCCCCCCC(O)C(=O)NC(CS(=O)(=O)O)C(O)/C=C/CCCCCCCCCCCCCCCCCC. The zero-order valence-electron chi connectivity index (χ0n) is 36.9. The van der Waals surface area contributed by atoms with Crippen LogP contribution >= 0.6 is 0 Å². The highest BCUT2D eigenvalue weighted by Crippen LogP contribution is 2.16. The summed E-state index contributed by atoms with van der Waals surface area (Å²) in [5, 5.41) is 23.5. The standard InChI is InChI=1S/C48H93NO6S/c1-3-5-7-9-11-13-15-17-19-21-23-24-25-27-29-31-33-35-37-39-41-43-47(51)48(52)49-45(44-56(53,54)55)46(50)42-40-38-36-34-32-30-28-26-22-20-18-16-14-12-10-8-6-4-2/h25,27,40,42,45-47,50-51H,3-24,26,28-39,41,43-44H2,1-2H3,(H,49,52)(H,53,54,55)/b27-25-,42-40+. The lowest BCUT2D eigenvalue weighted by molar-refractivity contribution is -0.130. The molecule has 56 heavy (non-hydrogen) atoms. The molecule has 0 saturated heterocycles. The monoisotopic (exact) mass is 812 g/mol. The number of carbonyl (C=O) groups excluding carboxylic acids is 1. The third-order valence-corrected chi connectivity index (χ3v) is 12.0. The molecule has 0 aromatic heterocycles. The number of allylic oxidation sites excluding steroid dienone is 3. The zero-order chi connectivity index (χ0) is 41.2. The molecule has 1 amide bonds. The molecule has 0 aliphatic carbocycles. The lowest BCUT2D eigenvalue weighted by atomic mass is 10.0. The number of hydrogen-bond donors (Lipinski definition) is 4. The minimum atomic E-state index is -4.45. The fraction of sp³-hybridized carbons (Fsp3) is 0.896. The van der Waals surface area contributed by atoms with Crippen molar-refractivity contribution in [2.24, 2.45) is 0 Å². The summed E-state index contributed by atoms with van der Waals surface area (Å²) < 4.78 is 32.7. The number of amides is 1. The number of aliphatic hydroxyl groups is 2. The Morgan fingerprint density at radius 1 is 0.482 bits per heavy atom. The highest BCUT2D eigenvalue weighted by Gasteiger charge is 2.27. The first-order chi connectivity index (χ1) is 27.2. The van der Waals surface area contributed by atoms with E-state index in [-0.39, 0.29) is 6.42 Å². The summed E-state index contributed by atoms with van der Waals surface area (Å²) >= 11 is 0. The lowest BCUT2D eigenvalue weighted by Crippen LogP contribution is -2.50. The van der Waals surface area contributed by atoms with Crippen molar-refractivity contribution in [3.8, 4) is 0 Å². The van der Waals surface area contributed by atoms with Crippen molar-refractivity contribution in [2.45, 2.75) is 270 Å². The van der Waals surface area contributed by atoms with Crippen molar-refractivity contribution < 1.29 is 28.0 Å². The number of unbranched alkanes of at least 4 members (excludes halogenated alkanes) is 33. The molecule has 0 saturated carbocycles. The van der Waals surface area contributed by atoms with E-state index in [1.807, 2.05) is 6.08 Å². The Morgan fingerprint density at radius 2 is 0.786 bits per heavy atom. The Bertz CT molecular complexity index is 1000. The fourth-order valence-corrected chi connectivity index (χ4v) is 8.25. The van der Waals surface area contributed by atoms with Crippen LogP contribution in [0.2, 0.25) is 0 Å². The number of aliphatic hydroxyl groups excluding tert-OH is 2. The van der Waals surface area contributed by atoms with Crippen LogP contribution < -0.4 is 5.32 Å². The second-order valence-electron chi connectivity index (χ2n) is 16.9. The van der Waals surface area contributed by atoms with Crippen LogP contribution in [0, 0.1) is 0 Å². The number of hydrogen-bond acceptors (Lipinski definition) is 5. The minimum Gasteiger partial charge on any atom is -0.387 e. The van der Waals surface area contributed by atoms with Gasteiger partial charge >= 0.3 is 0 Å². The van der Waals surface area contributed by atoms with E-state index in [0.717, 1.165) is 44.9 Å². The van der Waals surface area contributed by atoms with Gasteiger partial charge in [-0.25, -0.2) is 0 Å². The van der Waals surface area contributed by atoms with Crippen molar-refractivity contribution in [3.63, 3.8) is 0 Å². The second-order valence-corrected chi connectivity index (χ2v) is 18.4. The molecule has 0 bridgehead atoms. The van der Waals surface area contributed by atoms with Gasteiger partial charge in [0.1, 0.15) is 6.10 Å². The van der Waals surface area contributed by atoms with Gasteiger partial charge in [0.05, 0.1) is 17.9 Å². The van der Waals surface area contributed by atoms with E-state index in [9.17, 15) is 28.0 Å². The minimum absolute atomic E-state index is 0.275. The maximum Gasteiger partial charge on any atom is 0.267 e. The number of carbonyl (C=O) groups is 1. The first-order valence-electron chi connectivity index (χ1n) is 24.1. The van der Waals surface area contributed by atoms with Crippen LogP contribution in [0.4, 0.5) is 0 Å². The topological polar surface area (TPSA) is 124 Å². The van der Waals surface area contributed by atoms with Crippen LogP contribution in [0.25, 0.3) is 0 Å². The predicted molar refractivity (Wildman–Crippen MR) is 241 cm³/mol. The molecule has 0 aliphatic heterocycles. The van der Waals surface area contributed by atoms with Crippen LogP contribution in [-0.2, 0) is 14.9 Å². The molecule has 332 valence electrons. The molecule has 0 rings (SSSR count). The first-order valence-corrected chi connectivity index (χ1v) is 25.8. The third kappa shape index (κ3) is 41.0. The smallest absolute Gasteiger partial charge is 0.267 e. The Kier molecular flexibility index (Phi) is 41.0. The average Bonchev–Trinajstić information content (AvgIpc) is 3.17. The summed E-state index contributed by atoms with van der Waals surface area (Å²) in [6.45, 7) is 4.54. The highest BCUT2D eigenvalue weighted by molar-refractivity contribution is 7.85.